The molecule has 0 spiro atoms. The van der Waals surface area contributed by atoms with Crippen molar-refractivity contribution in [2.75, 3.05) is 37.5 Å². The second kappa shape index (κ2) is 7.69. The van der Waals surface area contributed by atoms with Crippen LogP contribution in [-0.2, 0) is 4.74 Å². The van der Waals surface area contributed by atoms with Crippen LogP contribution < -0.4 is 15.0 Å². The van der Waals surface area contributed by atoms with Crippen molar-refractivity contribution in [1.29, 1.82) is 0 Å². The van der Waals surface area contributed by atoms with Gasteiger partial charge in [-0.15, -0.1) is 11.3 Å². The van der Waals surface area contributed by atoms with E-state index in [2.05, 4.69) is 25.3 Å². The van der Waals surface area contributed by atoms with Crippen molar-refractivity contribution in [2.24, 2.45) is 0 Å². The molecule has 0 atom stereocenters. The number of aromatic nitrogens is 2. The van der Waals surface area contributed by atoms with Crippen LogP contribution in [-0.4, -0.2) is 43.4 Å². The number of ether oxygens (including phenoxy) is 2. The van der Waals surface area contributed by atoms with Crippen LogP contribution in [0.3, 0.4) is 0 Å². The molecule has 0 bridgehead atoms. The van der Waals surface area contributed by atoms with Gasteiger partial charge in [-0.1, -0.05) is 11.3 Å². The van der Waals surface area contributed by atoms with Gasteiger partial charge in [0.25, 0.3) is 0 Å². The van der Waals surface area contributed by atoms with Crippen molar-refractivity contribution in [3.05, 3.63) is 17.5 Å². The molecule has 3 heterocycles. The molecule has 0 unspecified atom stereocenters. The smallest absolute Gasteiger partial charge is 0.413 e. The van der Waals surface area contributed by atoms with Crippen LogP contribution in [0.2, 0.25) is 0 Å². The monoisotopic (exact) mass is 404 g/mol. The van der Waals surface area contributed by atoms with Crippen molar-refractivity contribution < 1.29 is 14.3 Å². The summed E-state index contributed by atoms with van der Waals surface area (Å²) in [5.41, 5.74) is 2.61. The lowest BCUT2D eigenvalue weighted by molar-refractivity contribution is 0.187. The molecule has 2 aromatic heterocycles. The van der Waals surface area contributed by atoms with Crippen LogP contribution in [0.4, 0.5) is 15.1 Å². The molecule has 0 saturated carbocycles. The van der Waals surface area contributed by atoms with Gasteiger partial charge in [0, 0.05) is 24.0 Å². The van der Waals surface area contributed by atoms with Gasteiger partial charge in [-0.25, -0.2) is 14.8 Å². The Morgan fingerprint density at radius 3 is 2.74 bits per heavy atom. The molecule has 4 rings (SSSR count). The molecular weight excluding hydrogens is 384 g/mol. The zero-order chi connectivity index (χ0) is 18.8. The molecule has 9 heteroatoms. The number of amides is 1. The molecule has 1 amide bonds. The topological polar surface area (TPSA) is 76.6 Å². The minimum Gasteiger partial charge on any atom is -0.494 e. The second-order valence-electron chi connectivity index (χ2n) is 6.19. The summed E-state index contributed by atoms with van der Waals surface area (Å²) in [4.78, 5) is 23.3. The summed E-state index contributed by atoms with van der Waals surface area (Å²) >= 11 is 3.05. The van der Waals surface area contributed by atoms with Crippen LogP contribution in [0.5, 0.6) is 5.75 Å². The van der Waals surface area contributed by atoms with E-state index in [0.29, 0.717) is 16.4 Å². The van der Waals surface area contributed by atoms with E-state index in [1.54, 1.807) is 18.4 Å². The van der Waals surface area contributed by atoms with Gasteiger partial charge in [0.15, 0.2) is 10.3 Å². The van der Waals surface area contributed by atoms with E-state index in [-0.39, 0.29) is 0 Å². The maximum absolute atomic E-state index is 11.5. The molecule has 3 aromatic rings. The highest BCUT2D eigenvalue weighted by atomic mass is 32.1. The SMILES string of the molecule is COC(=O)Nc1nc2c(OC)ccc(-c3csc(N4CCCCC4)n3)c2s1. The highest BCUT2D eigenvalue weighted by Gasteiger charge is 2.19. The molecule has 27 heavy (non-hydrogen) atoms. The lowest BCUT2D eigenvalue weighted by atomic mass is 10.1. The molecule has 0 radical (unpaired) electrons. The van der Waals surface area contributed by atoms with Crippen molar-refractivity contribution in [2.45, 2.75) is 19.3 Å². The van der Waals surface area contributed by atoms with E-state index < -0.39 is 6.09 Å². The fourth-order valence-electron chi connectivity index (χ4n) is 3.16. The molecule has 1 saturated heterocycles. The van der Waals surface area contributed by atoms with Gasteiger partial charge in [-0.05, 0) is 31.4 Å². The number of benzene rings is 1. The predicted molar refractivity (Wildman–Crippen MR) is 109 cm³/mol. The summed E-state index contributed by atoms with van der Waals surface area (Å²) in [5, 5.41) is 6.24. The molecule has 7 nitrogen and oxygen atoms in total. The van der Waals surface area contributed by atoms with Gasteiger partial charge in [0.2, 0.25) is 0 Å². The van der Waals surface area contributed by atoms with E-state index in [9.17, 15) is 4.79 Å². The summed E-state index contributed by atoms with van der Waals surface area (Å²) in [6.07, 6.45) is 3.19. The number of nitrogens with one attached hydrogen (secondary N) is 1. The summed E-state index contributed by atoms with van der Waals surface area (Å²) in [5.74, 6) is 0.661. The highest BCUT2D eigenvalue weighted by Crippen LogP contribution is 2.40. The quantitative estimate of drug-likeness (QED) is 0.685. The van der Waals surface area contributed by atoms with Gasteiger partial charge >= 0.3 is 6.09 Å². The largest absolute Gasteiger partial charge is 0.494 e. The molecule has 1 aromatic carbocycles. The van der Waals surface area contributed by atoms with E-state index in [0.717, 1.165) is 34.2 Å². The lowest BCUT2D eigenvalue weighted by Gasteiger charge is -2.25. The fourth-order valence-corrected chi connectivity index (χ4v) is 5.03. The molecule has 1 fully saturated rings. The third kappa shape index (κ3) is 3.57. The number of methoxy groups -OCH3 is 2. The number of hydrogen-bond donors (Lipinski definition) is 1. The maximum Gasteiger partial charge on any atom is 0.413 e. The van der Waals surface area contributed by atoms with E-state index in [1.165, 1.54) is 37.7 Å². The first kappa shape index (κ1) is 18.0. The Hall–Kier alpha value is -2.39. The average Bonchev–Trinajstić information content (AvgIpc) is 3.35. The first-order valence-electron chi connectivity index (χ1n) is 8.73. The fraction of sp³-hybridized carbons (Fsp3) is 0.389. The Morgan fingerprint density at radius 1 is 1.19 bits per heavy atom. The zero-order valence-electron chi connectivity index (χ0n) is 15.2. The molecule has 142 valence electrons. The number of anilines is 2. The van der Waals surface area contributed by atoms with Crippen LogP contribution in [0.25, 0.3) is 21.5 Å². The second-order valence-corrected chi connectivity index (χ2v) is 8.03. The van der Waals surface area contributed by atoms with E-state index in [1.807, 2.05) is 12.1 Å². The molecular formula is C18H20N4O3S2. The number of hydrogen-bond acceptors (Lipinski definition) is 8. The van der Waals surface area contributed by atoms with Crippen molar-refractivity contribution in [3.8, 4) is 17.0 Å². The zero-order valence-corrected chi connectivity index (χ0v) is 16.8. The van der Waals surface area contributed by atoms with Gasteiger partial charge in [0.1, 0.15) is 11.3 Å². The van der Waals surface area contributed by atoms with Gasteiger partial charge < -0.3 is 14.4 Å². The van der Waals surface area contributed by atoms with Crippen LogP contribution in [0, 0.1) is 0 Å². The Balaban J connectivity index is 1.73. The third-order valence-electron chi connectivity index (χ3n) is 4.52. The average molecular weight is 405 g/mol. The number of carbonyl (C=O) groups excluding carboxylic acids is 1. The Kier molecular flexibility index (Phi) is 5.13. The number of piperidine rings is 1. The summed E-state index contributed by atoms with van der Waals surface area (Å²) in [7, 11) is 2.94. The van der Waals surface area contributed by atoms with Crippen molar-refractivity contribution >= 4 is 49.2 Å². The molecule has 1 aliphatic heterocycles. The van der Waals surface area contributed by atoms with Crippen molar-refractivity contribution in [3.63, 3.8) is 0 Å². The van der Waals surface area contributed by atoms with Gasteiger partial charge in [-0.2, -0.15) is 0 Å². The number of fused-ring (bicyclic) bond motifs is 1. The summed E-state index contributed by atoms with van der Waals surface area (Å²) in [6, 6.07) is 3.88. The molecule has 1 aliphatic rings. The van der Waals surface area contributed by atoms with E-state index >= 15 is 0 Å². The Morgan fingerprint density at radius 2 is 2.00 bits per heavy atom. The number of rotatable bonds is 4. The predicted octanol–water partition coefficient (Wildman–Crippen LogP) is 4.60. The third-order valence-corrected chi connectivity index (χ3v) is 6.42. The number of carbonyl (C=O) groups is 1. The van der Waals surface area contributed by atoms with Gasteiger partial charge in [0.05, 0.1) is 24.6 Å². The Labute approximate surface area is 165 Å². The first-order chi connectivity index (χ1) is 13.2. The molecule has 0 aliphatic carbocycles. The van der Waals surface area contributed by atoms with Crippen molar-refractivity contribution in [1.82, 2.24) is 9.97 Å². The standard InChI is InChI=1S/C18H20N4O3S2/c1-24-13-7-6-11(15-14(13)20-16(27-15)21-18(23)25-2)12-10-26-17(19-12)22-8-4-3-5-9-22/h6-7,10H,3-5,8-9H2,1-2H3,(H,20,21,23). The van der Waals surface area contributed by atoms with Gasteiger partial charge in [-0.3, -0.25) is 5.32 Å². The lowest BCUT2D eigenvalue weighted by Crippen LogP contribution is -2.29. The summed E-state index contributed by atoms with van der Waals surface area (Å²) < 4.78 is 11.0. The minimum absolute atomic E-state index is 0.467. The van der Waals surface area contributed by atoms with Crippen LogP contribution in [0.1, 0.15) is 19.3 Å². The van der Waals surface area contributed by atoms with Crippen LogP contribution in [0.15, 0.2) is 17.5 Å². The maximum atomic E-state index is 11.5. The Bertz CT molecular complexity index is 963. The first-order valence-corrected chi connectivity index (χ1v) is 10.4. The minimum atomic E-state index is -0.546. The summed E-state index contributed by atoms with van der Waals surface area (Å²) in [6.45, 7) is 2.14. The number of nitrogens with zero attached hydrogens (tertiary/aromatic N) is 3. The van der Waals surface area contributed by atoms with Crippen LogP contribution >= 0.6 is 22.7 Å². The highest BCUT2D eigenvalue weighted by molar-refractivity contribution is 7.23. The van der Waals surface area contributed by atoms with E-state index in [4.69, 9.17) is 9.72 Å². The normalized spacial score (nSPS) is 14.4. The molecule has 1 N–H and O–H groups in total. The number of thiazole rings is 2.